The Balaban J connectivity index is 1.76. The maximum atomic E-state index is 13.2. The Morgan fingerprint density at radius 1 is 0.971 bits per heavy atom. The van der Waals surface area contributed by atoms with Gasteiger partial charge in [-0.25, -0.2) is 14.7 Å². The first-order valence-corrected chi connectivity index (χ1v) is 12.5. The third kappa shape index (κ3) is 4.63. The van der Waals surface area contributed by atoms with Crippen LogP contribution in [-0.4, -0.2) is 41.3 Å². The summed E-state index contributed by atoms with van der Waals surface area (Å²) in [6, 6.07) is 9.90. The molecule has 7 nitrogen and oxygen atoms in total. The highest BCUT2D eigenvalue weighted by molar-refractivity contribution is 6.40. The largest absolute Gasteiger partial charge is 0.372 e. The summed E-state index contributed by atoms with van der Waals surface area (Å²) in [5.74, 6) is 0.844. The number of urea groups is 1. The molecule has 2 aromatic carbocycles. The van der Waals surface area contributed by atoms with E-state index >= 15 is 0 Å². The summed E-state index contributed by atoms with van der Waals surface area (Å²) in [5.41, 5.74) is 2.29. The van der Waals surface area contributed by atoms with Crippen LogP contribution in [0.4, 0.5) is 22.2 Å². The Bertz CT molecular complexity index is 1290. The van der Waals surface area contributed by atoms with Crippen LogP contribution < -0.4 is 15.1 Å². The molecule has 0 bridgehead atoms. The number of rotatable bonds is 3. The fourth-order valence-electron chi connectivity index (χ4n) is 4.44. The Morgan fingerprint density at radius 2 is 1.66 bits per heavy atom. The van der Waals surface area contributed by atoms with Crippen molar-refractivity contribution in [2.75, 3.05) is 22.9 Å². The van der Waals surface area contributed by atoms with Crippen LogP contribution in [0.15, 0.2) is 36.4 Å². The smallest absolute Gasteiger partial charge is 0.328 e. The molecule has 2 aliphatic heterocycles. The molecule has 0 radical (unpaired) electrons. The predicted molar refractivity (Wildman–Crippen MR) is 141 cm³/mol. The summed E-state index contributed by atoms with van der Waals surface area (Å²) >= 11 is 25.8. The number of carbonyl (C=O) groups excluding carboxylic acids is 1. The molecule has 3 heterocycles. The predicted octanol–water partition coefficient (Wildman–Crippen LogP) is 6.73. The molecule has 0 unspecified atom stereocenters. The highest BCUT2D eigenvalue weighted by Gasteiger charge is 2.35. The maximum Gasteiger partial charge on any atom is 0.328 e. The van der Waals surface area contributed by atoms with Crippen molar-refractivity contribution in [1.82, 2.24) is 15.3 Å². The Kier molecular flexibility index (Phi) is 6.72. The molecule has 1 aromatic heterocycles. The van der Waals surface area contributed by atoms with Crippen LogP contribution >= 0.6 is 46.4 Å². The van der Waals surface area contributed by atoms with E-state index in [0.29, 0.717) is 67.5 Å². The second-order valence-electron chi connectivity index (χ2n) is 8.53. The van der Waals surface area contributed by atoms with Crippen LogP contribution in [0.25, 0.3) is 11.3 Å². The van der Waals surface area contributed by atoms with E-state index in [9.17, 15) is 4.79 Å². The SMILES string of the molecule is C[C@@H]1CN(c2nc(-c3ccc(Cl)cc3Cl)c3c(n2)N(c2c(Cl)cccc2Cl)C(=O)NC3)C[C@H](C)O1. The number of hydrogen-bond acceptors (Lipinski definition) is 5. The van der Waals surface area contributed by atoms with Crippen molar-refractivity contribution in [3.05, 3.63) is 62.1 Å². The number of hydrogen-bond donors (Lipinski definition) is 1. The molecule has 2 aliphatic rings. The third-order valence-corrected chi connectivity index (χ3v) is 7.01. The van der Waals surface area contributed by atoms with E-state index < -0.39 is 6.03 Å². The molecule has 2 amide bonds. The molecule has 1 N–H and O–H groups in total. The molecule has 2 atom stereocenters. The number of nitrogens with zero attached hydrogens (tertiary/aromatic N) is 4. The monoisotopic (exact) mass is 551 g/mol. The number of carbonyl (C=O) groups is 1. The van der Waals surface area contributed by atoms with Gasteiger partial charge < -0.3 is 15.0 Å². The first-order valence-electron chi connectivity index (χ1n) is 11.0. The molecule has 182 valence electrons. The van der Waals surface area contributed by atoms with Crippen LogP contribution in [-0.2, 0) is 11.3 Å². The highest BCUT2D eigenvalue weighted by atomic mass is 35.5. The molecule has 1 fully saturated rings. The molecule has 5 rings (SSSR count). The number of amides is 2. The fourth-order valence-corrected chi connectivity index (χ4v) is 5.51. The highest BCUT2D eigenvalue weighted by Crippen LogP contribution is 2.43. The van der Waals surface area contributed by atoms with Crippen molar-refractivity contribution < 1.29 is 9.53 Å². The number of fused-ring (bicyclic) bond motifs is 1. The summed E-state index contributed by atoms with van der Waals surface area (Å²) in [6.45, 7) is 5.39. The lowest BCUT2D eigenvalue weighted by Crippen LogP contribution is -2.47. The number of anilines is 3. The van der Waals surface area contributed by atoms with Crippen molar-refractivity contribution in [3.8, 4) is 11.3 Å². The van der Waals surface area contributed by atoms with E-state index in [4.69, 9.17) is 61.1 Å². The molecule has 11 heteroatoms. The molecule has 1 saturated heterocycles. The summed E-state index contributed by atoms with van der Waals surface area (Å²) < 4.78 is 5.89. The van der Waals surface area contributed by atoms with Gasteiger partial charge in [0, 0.05) is 29.2 Å². The second-order valence-corrected chi connectivity index (χ2v) is 10.2. The molecule has 0 spiro atoms. The van der Waals surface area contributed by atoms with Gasteiger partial charge in [0.05, 0.1) is 45.2 Å². The second kappa shape index (κ2) is 9.64. The molecule has 3 aromatic rings. The van der Waals surface area contributed by atoms with Gasteiger partial charge in [-0.1, -0.05) is 52.5 Å². The lowest BCUT2D eigenvalue weighted by Gasteiger charge is -2.37. The molecule has 0 saturated carbocycles. The van der Waals surface area contributed by atoms with Crippen LogP contribution in [0.1, 0.15) is 19.4 Å². The first kappa shape index (κ1) is 24.4. The van der Waals surface area contributed by atoms with Crippen molar-refractivity contribution in [2.24, 2.45) is 0 Å². The van der Waals surface area contributed by atoms with Crippen molar-refractivity contribution in [3.63, 3.8) is 0 Å². The minimum atomic E-state index is -0.394. The molecular weight excluding hydrogens is 532 g/mol. The number of aromatic nitrogens is 2. The van der Waals surface area contributed by atoms with E-state index in [1.807, 2.05) is 24.8 Å². The van der Waals surface area contributed by atoms with Crippen molar-refractivity contribution in [2.45, 2.75) is 32.6 Å². The third-order valence-electron chi connectivity index (χ3n) is 5.85. The van der Waals surface area contributed by atoms with Gasteiger partial charge in [0.1, 0.15) is 0 Å². The van der Waals surface area contributed by atoms with Crippen molar-refractivity contribution in [1.29, 1.82) is 0 Å². The van der Waals surface area contributed by atoms with E-state index in [1.54, 1.807) is 30.3 Å². The van der Waals surface area contributed by atoms with E-state index in [1.165, 1.54) is 4.90 Å². The zero-order chi connectivity index (χ0) is 24.9. The normalized spacial score (nSPS) is 20.0. The molecular formula is C24H21Cl4N5O2. The van der Waals surface area contributed by atoms with Gasteiger partial charge in [0.2, 0.25) is 5.95 Å². The fraction of sp³-hybridized carbons (Fsp3) is 0.292. The average molecular weight is 553 g/mol. The number of nitrogens with one attached hydrogen (secondary N) is 1. The number of morpholine rings is 1. The summed E-state index contributed by atoms with van der Waals surface area (Å²) in [7, 11) is 0. The Morgan fingerprint density at radius 3 is 2.31 bits per heavy atom. The lowest BCUT2D eigenvalue weighted by atomic mass is 10.0. The Labute approximate surface area is 222 Å². The topological polar surface area (TPSA) is 70.6 Å². The summed E-state index contributed by atoms with van der Waals surface area (Å²) in [4.78, 5) is 26.4. The van der Waals surface area contributed by atoms with Gasteiger partial charge in [-0.2, -0.15) is 4.98 Å². The van der Waals surface area contributed by atoms with Gasteiger partial charge in [0.15, 0.2) is 5.82 Å². The average Bonchev–Trinajstić information content (AvgIpc) is 2.79. The number of para-hydroxylation sites is 1. The quantitative estimate of drug-likeness (QED) is 0.390. The first-order chi connectivity index (χ1) is 16.7. The number of ether oxygens (including phenoxy) is 1. The zero-order valence-electron chi connectivity index (χ0n) is 18.9. The maximum absolute atomic E-state index is 13.2. The molecule has 35 heavy (non-hydrogen) atoms. The summed E-state index contributed by atoms with van der Waals surface area (Å²) in [5, 5.41) is 4.47. The number of benzene rings is 2. The van der Waals surface area contributed by atoms with Gasteiger partial charge in [-0.05, 0) is 44.2 Å². The van der Waals surface area contributed by atoms with E-state index in [2.05, 4.69) is 5.32 Å². The lowest BCUT2D eigenvalue weighted by molar-refractivity contribution is -0.00571. The van der Waals surface area contributed by atoms with Crippen LogP contribution in [0.3, 0.4) is 0 Å². The minimum absolute atomic E-state index is 0.0154. The van der Waals surface area contributed by atoms with Crippen molar-refractivity contribution >= 4 is 69.9 Å². The van der Waals surface area contributed by atoms with E-state index in [-0.39, 0.29) is 18.8 Å². The Hall–Kier alpha value is -2.29. The standard InChI is InChI=1S/C24H21Cl4N5O2/c1-12-10-32(11-13(2)35-12)23-30-20(15-7-6-14(25)8-19(15)28)16-9-29-24(34)33(22(16)31-23)21-17(26)4-3-5-18(21)27/h3-8,12-13H,9-11H2,1-2H3,(H,29,34)/t12-,13+. The van der Waals surface area contributed by atoms with E-state index in [0.717, 1.165) is 0 Å². The number of halogens is 4. The zero-order valence-corrected chi connectivity index (χ0v) is 21.9. The van der Waals surface area contributed by atoms with Gasteiger partial charge >= 0.3 is 6.03 Å². The van der Waals surface area contributed by atoms with Crippen LogP contribution in [0, 0.1) is 0 Å². The van der Waals surface area contributed by atoms with Crippen LogP contribution in [0.2, 0.25) is 20.1 Å². The van der Waals surface area contributed by atoms with Gasteiger partial charge in [0.25, 0.3) is 0 Å². The van der Waals surface area contributed by atoms with Gasteiger partial charge in [-0.15, -0.1) is 0 Å². The summed E-state index contributed by atoms with van der Waals surface area (Å²) in [6.07, 6.45) is -0.0308. The minimum Gasteiger partial charge on any atom is -0.372 e. The van der Waals surface area contributed by atoms with Crippen LogP contribution in [0.5, 0.6) is 0 Å². The van der Waals surface area contributed by atoms with Gasteiger partial charge in [-0.3, -0.25) is 0 Å². The molecule has 0 aliphatic carbocycles.